The van der Waals surface area contributed by atoms with Crippen molar-refractivity contribution in [3.63, 3.8) is 0 Å². The predicted octanol–water partition coefficient (Wildman–Crippen LogP) is 2.25. The monoisotopic (exact) mass is 244 g/mol. The molecular formula is C13H12N2O3. The molecule has 0 bridgehead atoms. The maximum atomic E-state index is 9.29. The molecule has 0 atom stereocenters. The van der Waals surface area contributed by atoms with E-state index in [0.29, 0.717) is 5.56 Å². The van der Waals surface area contributed by atoms with E-state index < -0.39 is 0 Å². The zero-order valence-corrected chi connectivity index (χ0v) is 9.41. The summed E-state index contributed by atoms with van der Waals surface area (Å²) >= 11 is 0. The Labute approximate surface area is 104 Å². The van der Waals surface area contributed by atoms with Gasteiger partial charge < -0.3 is 15.3 Å². The van der Waals surface area contributed by atoms with Gasteiger partial charge in [0.25, 0.3) is 0 Å². The highest BCUT2D eigenvalue weighted by Crippen LogP contribution is 2.24. The molecule has 0 radical (unpaired) electrons. The van der Waals surface area contributed by atoms with Gasteiger partial charge in [-0.1, -0.05) is 0 Å². The average molecular weight is 244 g/mol. The van der Waals surface area contributed by atoms with Crippen LogP contribution in [0.5, 0.6) is 17.2 Å². The van der Waals surface area contributed by atoms with Crippen molar-refractivity contribution in [2.45, 2.75) is 0 Å². The highest BCUT2D eigenvalue weighted by molar-refractivity contribution is 5.81. The molecule has 0 aliphatic heterocycles. The number of hydrogen-bond acceptors (Lipinski definition) is 5. The summed E-state index contributed by atoms with van der Waals surface area (Å²) < 4.78 is 0. The summed E-state index contributed by atoms with van der Waals surface area (Å²) in [5.41, 5.74) is 4.15. The van der Waals surface area contributed by atoms with Crippen molar-refractivity contribution in [2.24, 2.45) is 5.10 Å². The van der Waals surface area contributed by atoms with Gasteiger partial charge in [0.05, 0.1) is 11.9 Å². The molecule has 0 amide bonds. The molecule has 0 saturated carbocycles. The minimum Gasteiger partial charge on any atom is -0.508 e. The molecule has 2 aromatic carbocycles. The smallest absolute Gasteiger partial charge is 0.158 e. The van der Waals surface area contributed by atoms with E-state index in [4.69, 9.17) is 10.2 Å². The summed E-state index contributed by atoms with van der Waals surface area (Å²) in [6.07, 6.45) is 1.51. The maximum absolute atomic E-state index is 9.29. The summed E-state index contributed by atoms with van der Waals surface area (Å²) in [7, 11) is 0. The van der Waals surface area contributed by atoms with Crippen LogP contribution >= 0.6 is 0 Å². The molecule has 0 fully saturated rings. The summed E-state index contributed by atoms with van der Waals surface area (Å²) in [5, 5.41) is 31.5. The van der Waals surface area contributed by atoms with E-state index in [1.165, 1.54) is 18.3 Å². The topological polar surface area (TPSA) is 85.1 Å². The van der Waals surface area contributed by atoms with Crippen LogP contribution in [0.3, 0.4) is 0 Å². The van der Waals surface area contributed by atoms with E-state index in [0.717, 1.165) is 5.69 Å². The Balaban J connectivity index is 2.02. The lowest BCUT2D eigenvalue weighted by molar-refractivity contribution is 0.403. The number of anilines is 1. The normalized spacial score (nSPS) is 10.7. The molecule has 5 heteroatoms. The van der Waals surface area contributed by atoms with E-state index in [2.05, 4.69) is 10.5 Å². The lowest BCUT2D eigenvalue weighted by atomic mass is 10.2. The van der Waals surface area contributed by atoms with Crippen LogP contribution in [0.1, 0.15) is 5.56 Å². The quantitative estimate of drug-likeness (QED) is 0.289. The van der Waals surface area contributed by atoms with E-state index in [1.807, 2.05) is 0 Å². The van der Waals surface area contributed by atoms with Gasteiger partial charge in [0, 0.05) is 0 Å². The van der Waals surface area contributed by atoms with E-state index in [9.17, 15) is 5.11 Å². The number of rotatable bonds is 3. The van der Waals surface area contributed by atoms with Crippen LogP contribution in [-0.2, 0) is 0 Å². The fraction of sp³-hybridized carbons (Fsp3) is 0. The van der Waals surface area contributed by atoms with Gasteiger partial charge in [0.15, 0.2) is 11.5 Å². The largest absolute Gasteiger partial charge is 0.508 e. The second-order valence-corrected chi connectivity index (χ2v) is 3.67. The zero-order chi connectivity index (χ0) is 13.0. The van der Waals surface area contributed by atoms with E-state index >= 15 is 0 Å². The van der Waals surface area contributed by atoms with E-state index in [-0.39, 0.29) is 17.2 Å². The Morgan fingerprint density at radius 2 is 1.61 bits per heavy atom. The Kier molecular flexibility index (Phi) is 3.33. The third-order valence-electron chi connectivity index (χ3n) is 2.27. The maximum Gasteiger partial charge on any atom is 0.158 e. The Hall–Kier alpha value is -2.69. The number of benzene rings is 2. The Morgan fingerprint density at radius 1 is 0.889 bits per heavy atom. The van der Waals surface area contributed by atoms with Crippen LogP contribution in [0, 0.1) is 0 Å². The predicted molar refractivity (Wildman–Crippen MR) is 69.1 cm³/mol. The second-order valence-electron chi connectivity index (χ2n) is 3.67. The molecule has 5 nitrogen and oxygen atoms in total. The van der Waals surface area contributed by atoms with Crippen molar-refractivity contribution in [1.82, 2.24) is 0 Å². The molecule has 0 aromatic heterocycles. The number of aromatic hydroxyl groups is 3. The summed E-state index contributed by atoms with van der Waals surface area (Å²) in [6.45, 7) is 0. The minimum atomic E-state index is -0.191. The molecule has 0 unspecified atom stereocenters. The first kappa shape index (κ1) is 11.8. The van der Waals surface area contributed by atoms with Gasteiger partial charge in [0.2, 0.25) is 0 Å². The lowest BCUT2D eigenvalue weighted by Crippen LogP contribution is -1.90. The molecule has 2 rings (SSSR count). The first-order chi connectivity index (χ1) is 8.65. The highest BCUT2D eigenvalue weighted by atomic mass is 16.3. The third kappa shape index (κ3) is 2.91. The van der Waals surface area contributed by atoms with Crippen molar-refractivity contribution in [3.05, 3.63) is 48.0 Å². The second kappa shape index (κ2) is 5.09. The van der Waals surface area contributed by atoms with Gasteiger partial charge in [-0.05, 0) is 48.0 Å². The molecule has 0 spiro atoms. The first-order valence-electron chi connectivity index (χ1n) is 5.25. The minimum absolute atomic E-state index is 0.168. The Bertz CT molecular complexity index is 565. The van der Waals surface area contributed by atoms with Crippen molar-refractivity contribution in [1.29, 1.82) is 0 Å². The highest BCUT2D eigenvalue weighted by Gasteiger charge is 1.98. The number of hydrogen-bond donors (Lipinski definition) is 4. The van der Waals surface area contributed by atoms with Crippen molar-refractivity contribution < 1.29 is 15.3 Å². The van der Waals surface area contributed by atoms with Crippen LogP contribution in [0.2, 0.25) is 0 Å². The van der Waals surface area contributed by atoms with Crippen LogP contribution < -0.4 is 5.43 Å². The standard InChI is InChI=1S/C13H12N2O3/c16-11-4-2-10(3-5-11)15-14-8-9-1-6-12(17)13(18)7-9/h1-8,15-18H/b14-8+. The SMILES string of the molecule is Oc1ccc(N/N=C/c2ccc(O)c(O)c2)cc1. The van der Waals surface area contributed by atoms with Crippen molar-refractivity contribution in [2.75, 3.05) is 5.43 Å². The van der Waals surface area contributed by atoms with Crippen LogP contribution in [0.15, 0.2) is 47.6 Å². The molecular weight excluding hydrogens is 232 g/mol. The molecule has 2 aromatic rings. The number of phenols is 3. The molecule has 4 N–H and O–H groups in total. The first-order valence-corrected chi connectivity index (χ1v) is 5.25. The van der Waals surface area contributed by atoms with Gasteiger partial charge in [0.1, 0.15) is 5.75 Å². The number of phenolic OH excluding ortho intramolecular Hbond substituents is 3. The number of hydrazone groups is 1. The molecule has 0 saturated heterocycles. The van der Waals surface area contributed by atoms with Crippen molar-refractivity contribution >= 4 is 11.9 Å². The van der Waals surface area contributed by atoms with Gasteiger partial charge in [-0.25, -0.2) is 0 Å². The fourth-order valence-corrected chi connectivity index (χ4v) is 1.34. The fourth-order valence-electron chi connectivity index (χ4n) is 1.34. The summed E-state index contributed by atoms with van der Waals surface area (Å²) in [5.74, 6) is -0.171. The van der Waals surface area contributed by atoms with Crippen LogP contribution in [-0.4, -0.2) is 21.5 Å². The summed E-state index contributed by atoms with van der Waals surface area (Å²) in [4.78, 5) is 0. The number of nitrogens with one attached hydrogen (secondary N) is 1. The van der Waals surface area contributed by atoms with Crippen LogP contribution in [0.4, 0.5) is 5.69 Å². The molecule has 18 heavy (non-hydrogen) atoms. The van der Waals surface area contributed by atoms with Gasteiger partial charge in [-0.2, -0.15) is 5.10 Å². The molecule has 0 aliphatic rings. The van der Waals surface area contributed by atoms with Gasteiger partial charge >= 0.3 is 0 Å². The van der Waals surface area contributed by atoms with Crippen molar-refractivity contribution in [3.8, 4) is 17.2 Å². The van der Waals surface area contributed by atoms with E-state index in [1.54, 1.807) is 30.3 Å². The lowest BCUT2D eigenvalue weighted by Gasteiger charge is -2.00. The van der Waals surface area contributed by atoms with Crippen LogP contribution in [0.25, 0.3) is 0 Å². The average Bonchev–Trinajstić information content (AvgIpc) is 2.36. The molecule has 0 heterocycles. The molecule has 0 aliphatic carbocycles. The third-order valence-corrected chi connectivity index (χ3v) is 2.27. The number of nitrogens with zero attached hydrogens (tertiary/aromatic N) is 1. The van der Waals surface area contributed by atoms with Gasteiger partial charge in [-0.15, -0.1) is 0 Å². The molecule has 92 valence electrons. The van der Waals surface area contributed by atoms with Gasteiger partial charge in [-0.3, -0.25) is 5.43 Å². The Morgan fingerprint density at radius 3 is 2.28 bits per heavy atom. The summed E-state index contributed by atoms with van der Waals surface area (Å²) in [6, 6.07) is 10.9. The zero-order valence-electron chi connectivity index (χ0n) is 9.41.